The second-order valence-corrected chi connectivity index (χ2v) is 5.56. The first-order valence-electron chi connectivity index (χ1n) is 7.05. The first-order valence-corrected chi connectivity index (χ1v) is 7.05. The van der Waals surface area contributed by atoms with Crippen molar-refractivity contribution in [3.05, 3.63) is 24.5 Å². The molecule has 19 heavy (non-hydrogen) atoms. The van der Waals surface area contributed by atoms with Crippen LogP contribution in [0.25, 0.3) is 0 Å². The normalized spacial score (nSPS) is 14.4. The van der Waals surface area contributed by atoms with Crippen molar-refractivity contribution in [3.63, 3.8) is 0 Å². The van der Waals surface area contributed by atoms with Crippen molar-refractivity contribution >= 4 is 5.91 Å². The lowest BCUT2D eigenvalue weighted by Gasteiger charge is -2.20. The molecule has 0 aliphatic rings. The molecule has 0 spiro atoms. The molecular formula is C15H26N2O2. The summed E-state index contributed by atoms with van der Waals surface area (Å²) in [7, 11) is 0. The van der Waals surface area contributed by atoms with Crippen LogP contribution in [0.5, 0.6) is 0 Å². The molecule has 0 bridgehead atoms. The van der Waals surface area contributed by atoms with Gasteiger partial charge >= 0.3 is 0 Å². The van der Waals surface area contributed by atoms with Crippen molar-refractivity contribution in [3.8, 4) is 0 Å². The smallest absolute Gasteiger partial charge is 0.242 e. The molecule has 0 aromatic carbocycles. The van der Waals surface area contributed by atoms with Crippen LogP contribution in [-0.4, -0.2) is 28.7 Å². The van der Waals surface area contributed by atoms with Gasteiger partial charge in [0.15, 0.2) is 0 Å². The van der Waals surface area contributed by atoms with Crippen LogP contribution in [-0.2, 0) is 4.79 Å². The van der Waals surface area contributed by atoms with Crippen LogP contribution >= 0.6 is 0 Å². The van der Waals surface area contributed by atoms with Crippen molar-refractivity contribution in [2.45, 2.75) is 39.7 Å². The lowest BCUT2D eigenvalue weighted by Crippen LogP contribution is -2.35. The minimum absolute atomic E-state index is 0.0305. The predicted molar refractivity (Wildman–Crippen MR) is 76.8 cm³/mol. The van der Waals surface area contributed by atoms with E-state index in [0.29, 0.717) is 18.4 Å². The van der Waals surface area contributed by atoms with Crippen LogP contribution in [0, 0.1) is 11.8 Å². The number of carbonyl (C=O) groups excluding carboxylic acids is 1. The topological polar surface area (TPSA) is 54.3 Å². The van der Waals surface area contributed by atoms with E-state index in [2.05, 4.69) is 19.2 Å². The Hall–Kier alpha value is -1.29. The van der Waals surface area contributed by atoms with E-state index in [4.69, 9.17) is 5.11 Å². The van der Waals surface area contributed by atoms with E-state index in [1.165, 1.54) is 0 Å². The number of nitrogens with one attached hydrogen (secondary N) is 1. The van der Waals surface area contributed by atoms with Crippen LogP contribution in [0.15, 0.2) is 24.5 Å². The van der Waals surface area contributed by atoms with Gasteiger partial charge in [-0.2, -0.15) is 0 Å². The summed E-state index contributed by atoms with van der Waals surface area (Å²) in [5, 5.41) is 12.0. The van der Waals surface area contributed by atoms with Gasteiger partial charge in [-0.1, -0.05) is 13.8 Å². The van der Waals surface area contributed by atoms with Gasteiger partial charge in [-0.05, 0) is 43.7 Å². The van der Waals surface area contributed by atoms with Gasteiger partial charge in [0.05, 0.1) is 0 Å². The zero-order valence-electron chi connectivity index (χ0n) is 12.2. The summed E-state index contributed by atoms with van der Waals surface area (Å²) >= 11 is 0. The van der Waals surface area contributed by atoms with Crippen molar-refractivity contribution in [2.24, 2.45) is 11.8 Å². The summed E-state index contributed by atoms with van der Waals surface area (Å²) in [6.07, 6.45) is 5.56. The molecule has 1 amide bonds. The molecule has 4 nitrogen and oxygen atoms in total. The van der Waals surface area contributed by atoms with Gasteiger partial charge in [0, 0.05) is 25.5 Å². The number of hydrogen-bond donors (Lipinski definition) is 2. The number of aromatic nitrogens is 1. The molecule has 2 N–H and O–H groups in total. The van der Waals surface area contributed by atoms with E-state index >= 15 is 0 Å². The van der Waals surface area contributed by atoms with Crippen LogP contribution in [0.4, 0.5) is 0 Å². The van der Waals surface area contributed by atoms with Crippen LogP contribution < -0.4 is 5.32 Å². The maximum atomic E-state index is 12.0. The summed E-state index contributed by atoms with van der Waals surface area (Å²) in [5.74, 6) is 0.962. The zero-order valence-corrected chi connectivity index (χ0v) is 12.2. The standard InChI is InChI=1S/C15H26N2O2/c1-12(2)10-14(6-9-18)11-16-15(19)13(3)17-7-4-5-8-17/h4-5,7-8,12-14,18H,6,9-11H2,1-3H3,(H,16,19). The maximum Gasteiger partial charge on any atom is 0.242 e. The molecular weight excluding hydrogens is 240 g/mol. The number of nitrogens with zero attached hydrogens (tertiary/aromatic N) is 1. The highest BCUT2D eigenvalue weighted by Gasteiger charge is 2.16. The molecule has 0 radical (unpaired) electrons. The van der Waals surface area contributed by atoms with Gasteiger partial charge in [-0.15, -0.1) is 0 Å². The third-order valence-electron chi connectivity index (χ3n) is 3.36. The number of rotatable bonds is 8. The van der Waals surface area contributed by atoms with Crippen LogP contribution in [0.1, 0.15) is 39.7 Å². The summed E-state index contributed by atoms with van der Waals surface area (Å²) < 4.78 is 1.89. The summed E-state index contributed by atoms with van der Waals surface area (Å²) in [4.78, 5) is 12.0. The van der Waals surface area contributed by atoms with E-state index in [9.17, 15) is 4.79 Å². The van der Waals surface area contributed by atoms with Gasteiger partial charge in [0.1, 0.15) is 6.04 Å². The molecule has 0 aliphatic heterocycles. The third-order valence-corrected chi connectivity index (χ3v) is 3.36. The number of amides is 1. The van der Waals surface area contributed by atoms with Gasteiger partial charge < -0.3 is 15.0 Å². The first kappa shape index (κ1) is 15.8. The molecule has 4 heteroatoms. The quantitative estimate of drug-likeness (QED) is 0.758. The molecule has 0 saturated carbocycles. The Morgan fingerprint density at radius 1 is 1.26 bits per heavy atom. The summed E-state index contributed by atoms with van der Waals surface area (Å²) in [6, 6.07) is 3.64. The highest BCUT2D eigenvalue weighted by molar-refractivity contribution is 5.79. The molecule has 1 heterocycles. The van der Waals surface area contributed by atoms with Crippen LogP contribution in [0.2, 0.25) is 0 Å². The second-order valence-electron chi connectivity index (χ2n) is 5.56. The van der Waals surface area contributed by atoms with E-state index in [1.54, 1.807) is 0 Å². The second kappa shape index (κ2) is 8.00. The van der Waals surface area contributed by atoms with Gasteiger partial charge in [-0.3, -0.25) is 4.79 Å². The molecule has 108 valence electrons. The molecule has 1 rings (SSSR count). The van der Waals surface area contributed by atoms with E-state index in [1.807, 2.05) is 36.0 Å². The molecule has 0 fully saturated rings. The summed E-state index contributed by atoms with van der Waals surface area (Å²) in [6.45, 7) is 7.03. The SMILES string of the molecule is CC(C)CC(CCO)CNC(=O)C(C)n1cccc1. The number of carbonyl (C=O) groups is 1. The highest BCUT2D eigenvalue weighted by atomic mass is 16.3. The van der Waals surface area contributed by atoms with Gasteiger partial charge in [-0.25, -0.2) is 0 Å². The fourth-order valence-electron chi connectivity index (χ4n) is 2.29. The van der Waals surface area contributed by atoms with Crippen molar-refractivity contribution in [2.75, 3.05) is 13.2 Å². The van der Waals surface area contributed by atoms with Crippen molar-refractivity contribution < 1.29 is 9.90 Å². The average molecular weight is 266 g/mol. The highest BCUT2D eigenvalue weighted by Crippen LogP contribution is 2.15. The minimum Gasteiger partial charge on any atom is -0.396 e. The zero-order chi connectivity index (χ0) is 14.3. The number of aliphatic hydroxyl groups is 1. The summed E-state index contributed by atoms with van der Waals surface area (Å²) in [5.41, 5.74) is 0. The Kier molecular flexibility index (Phi) is 6.64. The Morgan fingerprint density at radius 3 is 2.42 bits per heavy atom. The van der Waals surface area contributed by atoms with Crippen molar-refractivity contribution in [1.82, 2.24) is 9.88 Å². The first-order chi connectivity index (χ1) is 9.04. The Bertz CT molecular complexity index is 360. The number of hydrogen-bond acceptors (Lipinski definition) is 2. The molecule has 2 unspecified atom stereocenters. The Morgan fingerprint density at radius 2 is 1.89 bits per heavy atom. The van der Waals surface area contributed by atoms with Gasteiger partial charge in [0.25, 0.3) is 0 Å². The molecule has 1 aromatic heterocycles. The van der Waals surface area contributed by atoms with E-state index in [-0.39, 0.29) is 18.6 Å². The van der Waals surface area contributed by atoms with E-state index < -0.39 is 0 Å². The van der Waals surface area contributed by atoms with Crippen LogP contribution in [0.3, 0.4) is 0 Å². The predicted octanol–water partition coefficient (Wildman–Crippen LogP) is 2.21. The molecule has 0 aliphatic carbocycles. The van der Waals surface area contributed by atoms with Crippen molar-refractivity contribution in [1.29, 1.82) is 0 Å². The van der Waals surface area contributed by atoms with E-state index in [0.717, 1.165) is 12.8 Å². The fraction of sp³-hybridized carbons (Fsp3) is 0.667. The maximum absolute atomic E-state index is 12.0. The lowest BCUT2D eigenvalue weighted by molar-refractivity contribution is -0.124. The minimum atomic E-state index is -0.191. The Balaban J connectivity index is 2.42. The molecule has 2 atom stereocenters. The third kappa shape index (κ3) is 5.47. The number of aliphatic hydroxyl groups excluding tert-OH is 1. The monoisotopic (exact) mass is 266 g/mol. The largest absolute Gasteiger partial charge is 0.396 e. The molecule has 0 saturated heterocycles. The average Bonchev–Trinajstić information content (AvgIpc) is 2.88. The van der Waals surface area contributed by atoms with Gasteiger partial charge in [0.2, 0.25) is 5.91 Å². The lowest BCUT2D eigenvalue weighted by atomic mass is 9.94. The molecule has 1 aromatic rings. The fourth-order valence-corrected chi connectivity index (χ4v) is 2.29. The Labute approximate surface area is 115 Å².